The van der Waals surface area contributed by atoms with Crippen LogP contribution in [0.1, 0.15) is 24.2 Å². The maximum Gasteiger partial charge on any atom is 0.255 e. The van der Waals surface area contributed by atoms with Gasteiger partial charge in [-0.1, -0.05) is 0 Å². The quantitative estimate of drug-likeness (QED) is 0.891. The molecule has 1 amide bonds. The largest absolute Gasteiger partial charge is 0.370 e. The van der Waals surface area contributed by atoms with Crippen molar-refractivity contribution in [2.24, 2.45) is 0 Å². The fraction of sp³-hybridized carbons (Fsp3) is 0.538. The van der Waals surface area contributed by atoms with Gasteiger partial charge in [0.25, 0.3) is 5.91 Å². The molecule has 0 radical (unpaired) electrons. The predicted octanol–water partition coefficient (Wildman–Crippen LogP) is 0.772. The molecule has 1 aromatic heterocycles. The maximum absolute atomic E-state index is 12.4. The average Bonchev–Trinajstić information content (AvgIpc) is 2.38. The second kappa shape index (κ2) is 5.78. The summed E-state index contributed by atoms with van der Waals surface area (Å²) >= 11 is 0. The normalized spacial score (nSPS) is 21.5. The molecule has 0 spiro atoms. The van der Waals surface area contributed by atoms with Crippen molar-refractivity contribution in [2.75, 3.05) is 29.9 Å². The molecule has 2 heterocycles. The Balaban J connectivity index is 2.11. The molecule has 1 aliphatic rings. The van der Waals surface area contributed by atoms with Crippen LogP contribution in [0.2, 0.25) is 0 Å². The standard InChI is InChI=1S/C13H19N3O3S/c1-3-14-12-5-4-11(8-15-12)13(17)16-6-7-20(18,19)9-10(16)2/h4-5,8,10H,3,6-7,9H2,1-2H3,(H,14,15). The summed E-state index contributed by atoms with van der Waals surface area (Å²) in [6, 6.07) is 3.17. The first-order valence-electron chi connectivity index (χ1n) is 6.64. The first-order valence-corrected chi connectivity index (χ1v) is 8.46. The van der Waals surface area contributed by atoms with Crippen LogP contribution in [-0.4, -0.2) is 54.8 Å². The number of nitrogens with zero attached hydrogens (tertiary/aromatic N) is 2. The molecule has 1 aromatic rings. The summed E-state index contributed by atoms with van der Waals surface area (Å²) in [7, 11) is -3.01. The number of pyridine rings is 1. The summed E-state index contributed by atoms with van der Waals surface area (Å²) in [6.45, 7) is 4.74. The highest BCUT2D eigenvalue weighted by molar-refractivity contribution is 7.91. The van der Waals surface area contributed by atoms with Gasteiger partial charge in [-0.2, -0.15) is 0 Å². The number of carbonyl (C=O) groups excluding carboxylic acids is 1. The lowest BCUT2D eigenvalue weighted by molar-refractivity contribution is 0.0712. The Morgan fingerprint density at radius 2 is 2.25 bits per heavy atom. The summed E-state index contributed by atoms with van der Waals surface area (Å²) in [5, 5.41) is 3.06. The zero-order valence-corrected chi connectivity index (χ0v) is 12.5. The number of anilines is 1. The Labute approximate surface area is 119 Å². The van der Waals surface area contributed by atoms with Crippen molar-refractivity contribution >= 4 is 21.6 Å². The van der Waals surface area contributed by atoms with E-state index in [2.05, 4.69) is 10.3 Å². The van der Waals surface area contributed by atoms with Gasteiger partial charge in [0, 0.05) is 25.3 Å². The molecular formula is C13H19N3O3S. The van der Waals surface area contributed by atoms with Gasteiger partial charge in [-0.05, 0) is 26.0 Å². The second-order valence-corrected chi connectivity index (χ2v) is 7.15. The molecule has 0 aliphatic carbocycles. The van der Waals surface area contributed by atoms with Crippen molar-refractivity contribution in [1.29, 1.82) is 0 Å². The van der Waals surface area contributed by atoms with Gasteiger partial charge in [-0.3, -0.25) is 4.79 Å². The highest BCUT2D eigenvalue weighted by Crippen LogP contribution is 2.15. The van der Waals surface area contributed by atoms with Crippen LogP contribution in [0.25, 0.3) is 0 Å². The third-order valence-corrected chi connectivity index (χ3v) is 5.09. The maximum atomic E-state index is 12.4. The molecule has 0 bridgehead atoms. The number of nitrogens with one attached hydrogen (secondary N) is 1. The molecule has 110 valence electrons. The van der Waals surface area contributed by atoms with Crippen molar-refractivity contribution in [2.45, 2.75) is 19.9 Å². The lowest BCUT2D eigenvalue weighted by Crippen LogP contribution is -2.49. The van der Waals surface area contributed by atoms with Crippen molar-refractivity contribution in [3.63, 3.8) is 0 Å². The van der Waals surface area contributed by atoms with Gasteiger partial charge in [0.05, 0.1) is 17.1 Å². The fourth-order valence-corrected chi connectivity index (χ4v) is 3.83. The number of carbonyl (C=O) groups is 1. The smallest absolute Gasteiger partial charge is 0.255 e. The van der Waals surface area contributed by atoms with E-state index in [1.807, 2.05) is 6.92 Å². The van der Waals surface area contributed by atoms with E-state index >= 15 is 0 Å². The van der Waals surface area contributed by atoms with Crippen LogP contribution in [0.5, 0.6) is 0 Å². The van der Waals surface area contributed by atoms with E-state index in [9.17, 15) is 13.2 Å². The molecule has 0 aromatic carbocycles. The van der Waals surface area contributed by atoms with Crippen molar-refractivity contribution < 1.29 is 13.2 Å². The van der Waals surface area contributed by atoms with E-state index in [4.69, 9.17) is 0 Å². The van der Waals surface area contributed by atoms with Crippen molar-refractivity contribution in [3.8, 4) is 0 Å². The minimum atomic E-state index is -3.01. The molecule has 1 aliphatic heterocycles. The predicted molar refractivity (Wildman–Crippen MR) is 77.6 cm³/mol. The molecule has 7 heteroatoms. The van der Waals surface area contributed by atoms with Gasteiger partial charge < -0.3 is 10.2 Å². The van der Waals surface area contributed by atoms with Crippen molar-refractivity contribution in [1.82, 2.24) is 9.88 Å². The fourth-order valence-electron chi connectivity index (χ4n) is 2.27. The highest BCUT2D eigenvalue weighted by atomic mass is 32.2. The molecule has 2 rings (SSSR count). The number of sulfone groups is 1. The molecule has 0 saturated carbocycles. The Bertz CT molecular complexity index is 583. The molecule has 20 heavy (non-hydrogen) atoms. The number of rotatable bonds is 3. The Hall–Kier alpha value is -1.63. The molecule has 6 nitrogen and oxygen atoms in total. The third-order valence-electron chi connectivity index (χ3n) is 3.30. The topological polar surface area (TPSA) is 79.4 Å². The first-order chi connectivity index (χ1) is 9.43. The average molecular weight is 297 g/mol. The SMILES string of the molecule is CCNc1ccc(C(=O)N2CCS(=O)(=O)CC2C)cn1. The number of aromatic nitrogens is 1. The van der Waals surface area contributed by atoms with E-state index in [1.165, 1.54) is 6.20 Å². The van der Waals surface area contributed by atoms with Crippen LogP contribution in [0.4, 0.5) is 5.82 Å². The van der Waals surface area contributed by atoms with E-state index in [0.29, 0.717) is 5.56 Å². The van der Waals surface area contributed by atoms with Gasteiger partial charge in [-0.15, -0.1) is 0 Å². The van der Waals surface area contributed by atoms with Gasteiger partial charge in [0.1, 0.15) is 5.82 Å². The summed E-state index contributed by atoms with van der Waals surface area (Å²) < 4.78 is 23.0. The van der Waals surface area contributed by atoms with Gasteiger partial charge in [-0.25, -0.2) is 13.4 Å². The molecule has 1 N–H and O–H groups in total. The summed E-state index contributed by atoms with van der Waals surface area (Å²) in [5.41, 5.74) is 0.484. The Morgan fingerprint density at radius 3 is 2.80 bits per heavy atom. The van der Waals surface area contributed by atoms with Crippen LogP contribution < -0.4 is 5.32 Å². The van der Waals surface area contributed by atoms with Crippen LogP contribution in [0, 0.1) is 0 Å². The molecule has 1 saturated heterocycles. The van der Waals surface area contributed by atoms with Crippen molar-refractivity contribution in [3.05, 3.63) is 23.9 Å². The van der Waals surface area contributed by atoms with Crippen LogP contribution in [-0.2, 0) is 9.84 Å². The van der Waals surface area contributed by atoms with Crippen LogP contribution in [0.15, 0.2) is 18.3 Å². The Kier molecular flexibility index (Phi) is 4.27. The monoisotopic (exact) mass is 297 g/mol. The summed E-state index contributed by atoms with van der Waals surface area (Å²) in [4.78, 5) is 18.1. The lowest BCUT2D eigenvalue weighted by Gasteiger charge is -2.33. The first kappa shape index (κ1) is 14.8. The van der Waals surface area contributed by atoms with Gasteiger partial charge in [0.2, 0.25) is 0 Å². The van der Waals surface area contributed by atoms with E-state index in [1.54, 1.807) is 24.0 Å². The molecule has 1 atom stereocenters. The van der Waals surface area contributed by atoms with Crippen LogP contribution >= 0.6 is 0 Å². The second-order valence-electron chi connectivity index (χ2n) is 4.92. The molecule has 1 fully saturated rings. The van der Waals surface area contributed by atoms with Gasteiger partial charge in [0.15, 0.2) is 9.84 Å². The number of hydrogen-bond donors (Lipinski definition) is 1. The summed E-state index contributed by atoms with van der Waals surface area (Å²) in [5.74, 6) is 0.620. The number of amides is 1. The van der Waals surface area contributed by atoms with E-state index < -0.39 is 9.84 Å². The van der Waals surface area contributed by atoms with Crippen LogP contribution in [0.3, 0.4) is 0 Å². The number of hydrogen-bond acceptors (Lipinski definition) is 5. The zero-order valence-electron chi connectivity index (χ0n) is 11.7. The van der Waals surface area contributed by atoms with E-state index in [-0.39, 0.29) is 30.0 Å². The zero-order chi connectivity index (χ0) is 14.8. The summed E-state index contributed by atoms with van der Waals surface area (Å²) in [6.07, 6.45) is 1.52. The third kappa shape index (κ3) is 3.27. The lowest BCUT2D eigenvalue weighted by atomic mass is 10.2. The minimum absolute atomic E-state index is 0.0294. The minimum Gasteiger partial charge on any atom is -0.370 e. The van der Waals surface area contributed by atoms with E-state index in [0.717, 1.165) is 12.4 Å². The molecular weight excluding hydrogens is 278 g/mol. The molecule has 1 unspecified atom stereocenters. The highest BCUT2D eigenvalue weighted by Gasteiger charge is 2.31. The Morgan fingerprint density at radius 1 is 1.50 bits per heavy atom. The van der Waals surface area contributed by atoms with Gasteiger partial charge >= 0.3 is 0 Å².